The van der Waals surface area contributed by atoms with Crippen LogP contribution >= 0.6 is 0 Å². The van der Waals surface area contributed by atoms with Gasteiger partial charge in [-0.3, -0.25) is 14.5 Å². The summed E-state index contributed by atoms with van der Waals surface area (Å²) in [6.45, 7) is 4.77. The number of likely N-dealkylation sites (N-methyl/N-ethyl adjacent to an activating group) is 1. The molecule has 0 fully saturated rings. The van der Waals surface area contributed by atoms with Gasteiger partial charge in [0, 0.05) is 17.4 Å². The number of anilines is 2. The zero-order chi connectivity index (χ0) is 21.2. The van der Waals surface area contributed by atoms with Crippen LogP contribution in [0, 0.1) is 5.82 Å². The Hall–Kier alpha value is -3.13. The van der Waals surface area contributed by atoms with Gasteiger partial charge in [0.1, 0.15) is 5.82 Å². The molecule has 0 aliphatic carbocycles. The summed E-state index contributed by atoms with van der Waals surface area (Å²) in [6.07, 6.45) is 0. The van der Waals surface area contributed by atoms with E-state index in [1.165, 1.54) is 24.3 Å². The van der Waals surface area contributed by atoms with Crippen molar-refractivity contribution in [1.82, 2.24) is 4.90 Å². The van der Waals surface area contributed by atoms with Crippen LogP contribution in [0.3, 0.4) is 0 Å². The highest BCUT2D eigenvalue weighted by atomic mass is 19.1. The topological polar surface area (TPSA) is 79.9 Å². The molecule has 2 N–H and O–H groups in total. The van der Waals surface area contributed by atoms with Crippen molar-refractivity contribution >= 4 is 23.2 Å². The van der Waals surface area contributed by atoms with Crippen LogP contribution in [-0.2, 0) is 9.59 Å². The number of halogens is 1. The van der Waals surface area contributed by atoms with Gasteiger partial charge in [-0.25, -0.2) is 4.39 Å². The summed E-state index contributed by atoms with van der Waals surface area (Å²) in [4.78, 5) is 25.9. The normalized spacial score (nSPS) is 10.5. The second-order valence-corrected chi connectivity index (χ2v) is 6.30. The van der Waals surface area contributed by atoms with Gasteiger partial charge in [0.15, 0.2) is 11.5 Å². The second kappa shape index (κ2) is 11.0. The fraction of sp³-hybridized carbons (Fsp3) is 0.333. The van der Waals surface area contributed by atoms with E-state index in [9.17, 15) is 14.0 Å². The van der Waals surface area contributed by atoms with E-state index in [2.05, 4.69) is 10.6 Å². The van der Waals surface area contributed by atoms with Crippen LogP contribution in [0.25, 0.3) is 0 Å². The summed E-state index contributed by atoms with van der Waals surface area (Å²) in [5.74, 6) is 0.222. The predicted molar refractivity (Wildman–Crippen MR) is 110 cm³/mol. The number of nitrogens with one attached hydrogen (secondary N) is 2. The average molecular weight is 403 g/mol. The minimum absolute atomic E-state index is 0.0122. The quantitative estimate of drug-likeness (QED) is 0.637. The molecular weight excluding hydrogens is 377 g/mol. The molecule has 2 amide bonds. The fourth-order valence-electron chi connectivity index (χ4n) is 2.61. The minimum atomic E-state index is -0.376. The highest BCUT2D eigenvalue weighted by Crippen LogP contribution is 2.30. The van der Waals surface area contributed by atoms with Gasteiger partial charge in [0.25, 0.3) is 0 Å². The number of benzene rings is 2. The summed E-state index contributed by atoms with van der Waals surface area (Å²) in [5, 5.41) is 5.43. The van der Waals surface area contributed by atoms with Gasteiger partial charge >= 0.3 is 0 Å². The molecule has 29 heavy (non-hydrogen) atoms. The summed E-state index contributed by atoms with van der Waals surface area (Å²) >= 11 is 0. The number of ether oxygens (including phenoxy) is 2. The van der Waals surface area contributed by atoms with Crippen LogP contribution in [0.15, 0.2) is 42.5 Å². The molecule has 156 valence electrons. The summed E-state index contributed by atoms with van der Waals surface area (Å²) in [5.41, 5.74) is 1.07. The van der Waals surface area contributed by atoms with Crippen molar-refractivity contribution in [3.63, 3.8) is 0 Å². The Bertz CT molecular complexity index is 827. The van der Waals surface area contributed by atoms with Gasteiger partial charge in [-0.05, 0) is 57.3 Å². The van der Waals surface area contributed by atoms with Gasteiger partial charge < -0.3 is 20.1 Å². The van der Waals surface area contributed by atoms with Gasteiger partial charge in [0.05, 0.1) is 26.3 Å². The molecule has 2 aromatic carbocycles. The minimum Gasteiger partial charge on any atom is -0.490 e. The zero-order valence-electron chi connectivity index (χ0n) is 16.8. The molecule has 0 saturated heterocycles. The van der Waals surface area contributed by atoms with Crippen LogP contribution in [0.4, 0.5) is 15.8 Å². The molecule has 2 rings (SSSR count). The Kier molecular flexibility index (Phi) is 8.42. The first-order valence-electron chi connectivity index (χ1n) is 9.34. The third-order valence-corrected chi connectivity index (χ3v) is 3.78. The van der Waals surface area contributed by atoms with E-state index < -0.39 is 0 Å². The Balaban J connectivity index is 1.86. The molecule has 0 radical (unpaired) electrons. The molecule has 0 heterocycles. The lowest BCUT2D eigenvalue weighted by Gasteiger charge is -2.17. The highest BCUT2D eigenvalue weighted by Gasteiger charge is 2.13. The third-order valence-electron chi connectivity index (χ3n) is 3.78. The Morgan fingerprint density at radius 2 is 1.38 bits per heavy atom. The van der Waals surface area contributed by atoms with Crippen molar-refractivity contribution in [2.24, 2.45) is 0 Å². The second-order valence-electron chi connectivity index (χ2n) is 6.30. The SMILES string of the molecule is CCOc1ccc(NC(=O)CN(C)CC(=O)Nc2ccc(F)cc2)cc1OCC. The molecule has 0 unspecified atom stereocenters. The maximum absolute atomic E-state index is 12.9. The maximum atomic E-state index is 12.9. The van der Waals surface area contributed by atoms with Crippen LogP contribution in [0.2, 0.25) is 0 Å². The largest absolute Gasteiger partial charge is 0.490 e. The molecule has 0 aliphatic heterocycles. The van der Waals surface area contributed by atoms with E-state index in [1.54, 1.807) is 30.1 Å². The lowest BCUT2D eigenvalue weighted by atomic mass is 10.2. The summed E-state index contributed by atoms with van der Waals surface area (Å²) in [6, 6.07) is 10.6. The summed E-state index contributed by atoms with van der Waals surface area (Å²) in [7, 11) is 1.66. The Morgan fingerprint density at radius 1 is 0.862 bits per heavy atom. The van der Waals surface area contributed by atoms with Gasteiger partial charge in [-0.1, -0.05) is 0 Å². The monoisotopic (exact) mass is 403 g/mol. The third kappa shape index (κ3) is 7.42. The first-order valence-corrected chi connectivity index (χ1v) is 9.34. The Morgan fingerprint density at radius 3 is 1.97 bits per heavy atom. The number of carbonyl (C=O) groups excluding carboxylic acids is 2. The predicted octanol–water partition coefficient (Wildman–Crippen LogP) is 3.13. The van der Waals surface area contributed by atoms with Gasteiger partial charge in [0.2, 0.25) is 11.8 Å². The molecule has 0 saturated carbocycles. The number of amides is 2. The van der Waals surface area contributed by atoms with E-state index in [1.807, 2.05) is 13.8 Å². The Labute approximate surface area is 169 Å². The van der Waals surface area contributed by atoms with Gasteiger partial charge in [-0.2, -0.15) is 0 Å². The van der Waals surface area contributed by atoms with E-state index in [-0.39, 0.29) is 30.7 Å². The molecule has 0 aromatic heterocycles. The molecular formula is C21H26FN3O4. The molecule has 0 spiro atoms. The van der Waals surface area contributed by atoms with E-state index >= 15 is 0 Å². The first kappa shape index (κ1) is 22.2. The molecule has 2 aromatic rings. The van der Waals surface area contributed by atoms with Crippen LogP contribution in [0.5, 0.6) is 11.5 Å². The van der Waals surface area contributed by atoms with Gasteiger partial charge in [-0.15, -0.1) is 0 Å². The number of hydrogen-bond acceptors (Lipinski definition) is 5. The molecule has 8 heteroatoms. The number of hydrogen-bond donors (Lipinski definition) is 2. The molecule has 0 atom stereocenters. The van der Waals surface area contributed by atoms with Crippen molar-refractivity contribution < 1.29 is 23.5 Å². The maximum Gasteiger partial charge on any atom is 0.238 e. The van der Waals surface area contributed by atoms with Crippen molar-refractivity contribution in [3.05, 3.63) is 48.3 Å². The highest BCUT2D eigenvalue weighted by molar-refractivity contribution is 5.94. The zero-order valence-corrected chi connectivity index (χ0v) is 16.8. The fourth-order valence-corrected chi connectivity index (χ4v) is 2.61. The van der Waals surface area contributed by atoms with Crippen molar-refractivity contribution in [2.75, 3.05) is 44.0 Å². The lowest BCUT2D eigenvalue weighted by molar-refractivity contribution is -0.119. The van der Waals surface area contributed by atoms with Crippen molar-refractivity contribution in [3.8, 4) is 11.5 Å². The van der Waals surface area contributed by atoms with Crippen LogP contribution < -0.4 is 20.1 Å². The number of rotatable bonds is 10. The van der Waals surface area contributed by atoms with E-state index in [0.717, 1.165) is 0 Å². The van der Waals surface area contributed by atoms with E-state index in [4.69, 9.17) is 9.47 Å². The van der Waals surface area contributed by atoms with Crippen LogP contribution in [0.1, 0.15) is 13.8 Å². The average Bonchev–Trinajstić information content (AvgIpc) is 2.65. The summed E-state index contributed by atoms with van der Waals surface area (Å²) < 4.78 is 24.0. The smallest absolute Gasteiger partial charge is 0.238 e. The number of carbonyl (C=O) groups is 2. The van der Waals surface area contributed by atoms with Crippen molar-refractivity contribution in [1.29, 1.82) is 0 Å². The van der Waals surface area contributed by atoms with Crippen LogP contribution in [-0.4, -0.2) is 50.1 Å². The van der Waals surface area contributed by atoms with Crippen molar-refractivity contribution in [2.45, 2.75) is 13.8 Å². The number of nitrogens with zero attached hydrogens (tertiary/aromatic N) is 1. The molecule has 0 bridgehead atoms. The molecule has 0 aliphatic rings. The first-order chi connectivity index (χ1) is 13.9. The standard InChI is InChI=1S/C21H26FN3O4/c1-4-28-18-11-10-17(12-19(18)29-5-2)24-21(27)14-25(3)13-20(26)23-16-8-6-15(22)7-9-16/h6-12H,4-5,13-14H2,1-3H3,(H,23,26)(H,24,27). The molecule has 7 nitrogen and oxygen atoms in total. The van der Waals surface area contributed by atoms with E-state index in [0.29, 0.717) is 36.1 Å². The lowest BCUT2D eigenvalue weighted by Crippen LogP contribution is -2.36.